The Bertz CT molecular complexity index is 463. The van der Waals surface area contributed by atoms with Gasteiger partial charge in [0.05, 0.1) is 4.92 Å². The van der Waals surface area contributed by atoms with E-state index in [1.807, 2.05) is 6.07 Å². The lowest BCUT2D eigenvalue weighted by Crippen LogP contribution is -2.50. The number of nitrogens with one attached hydrogen (secondary N) is 1. The van der Waals surface area contributed by atoms with Crippen LogP contribution in [0.5, 0.6) is 5.75 Å². The molecule has 1 aromatic rings. The van der Waals surface area contributed by atoms with Crippen molar-refractivity contribution in [2.24, 2.45) is 0 Å². The summed E-state index contributed by atoms with van der Waals surface area (Å²) in [6.45, 7) is 1.48. The fraction of sp³-hybridized carbons (Fsp3) is 0.300. The van der Waals surface area contributed by atoms with Crippen LogP contribution in [0.1, 0.15) is 5.56 Å². The lowest BCUT2D eigenvalue weighted by atomic mass is 10.2. The van der Waals surface area contributed by atoms with Gasteiger partial charge >= 0.3 is 0 Å². The van der Waals surface area contributed by atoms with Crippen LogP contribution in [-0.4, -0.2) is 24.1 Å². The summed E-state index contributed by atoms with van der Waals surface area (Å²) in [5.41, 5.74) is 0.0942. The number of benzene rings is 1. The summed E-state index contributed by atoms with van der Waals surface area (Å²) in [6.07, 6.45) is 0.0496. The van der Waals surface area contributed by atoms with Crippen molar-refractivity contribution in [2.45, 2.75) is 6.10 Å². The molecule has 1 aliphatic rings. The maximum atomic E-state index is 10.5. The van der Waals surface area contributed by atoms with Crippen LogP contribution < -0.4 is 10.1 Å². The third-order valence-electron chi connectivity index (χ3n) is 2.33. The van der Waals surface area contributed by atoms with Gasteiger partial charge in [0.1, 0.15) is 23.5 Å². The number of nitriles is 1. The molecule has 0 unspecified atom stereocenters. The first-order chi connectivity index (χ1) is 7.70. The summed E-state index contributed by atoms with van der Waals surface area (Å²) < 4.78 is 5.50. The molecule has 0 atom stereocenters. The first-order valence-corrected chi connectivity index (χ1v) is 4.76. The number of ether oxygens (including phenoxy) is 1. The van der Waals surface area contributed by atoms with Crippen molar-refractivity contribution in [3.05, 3.63) is 33.9 Å². The van der Waals surface area contributed by atoms with Crippen molar-refractivity contribution in [1.29, 1.82) is 5.26 Å². The third-order valence-corrected chi connectivity index (χ3v) is 2.33. The molecule has 1 heterocycles. The Balaban J connectivity index is 2.24. The van der Waals surface area contributed by atoms with Gasteiger partial charge in [-0.15, -0.1) is 0 Å². The zero-order chi connectivity index (χ0) is 11.5. The van der Waals surface area contributed by atoms with Crippen LogP contribution in [0.15, 0.2) is 18.2 Å². The highest BCUT2D eigenvalue weighted by atomic mass is 16.6. The molecule has 0 radical (unpaired) electrons. The minimum atomic E-state index is -0.532. The number of nitro groups is 1. The minimum absolute atomic E-state index is 0.0496. The molecule has 0 saturated carbocycles. The number of rotatable bonds is 3. The van der Waals surface area contributed by atoms with E-state index in [1.54, 1.807) is 0 Å². The van der Waals surface area contributed by atoms with Gasteiger partial charge in [-0.2, -0.15) is 5.26 Å². The molecule has 1 saturated heterocycles. The van der Waals surface area contributed by atoms with Crippen LogP contribution in [0.25, 0.3) is 0 Å². The predicted molar refractivity (Wildman–Crippen MR) is 55.1 cm³/mol. The average molecular weight is 219 g/mol. The summed E-state index contributed by atoms with van der Waals surface area (Å²) in [5.74, 6) is 0.402. The highest BCUT2D eigenvalue weighted by Gasteiger charge is 2.20. The summed E-state index contributed by atoms with van der Waals surface area (Å²) in [5, 5.41) is 22.4. The van der Waals surface area contributed by atoms with Crippen molar-refractivity contribution in [3.63, 3.8) is 0 Å². The average Bonchev–Trinajstić information content (AvgIpc) is 2.23. The third kappa shape index (κ3) is 1.94. The molecule has 0 aromatic heterocycles. The smallest absolute Gasteiger partial charge is 0.271 e. The summed E-state index contributed by atoms with van der Waals surface area (Å²) in [7, 11) is 0. The molecule has 1 aromatic carbocycles. The van der Waals surface area contributed by atoms with E-state index in [4.69, 9.17) is 10.00 Å². The van der Waals surface area contributed by atoms with Crippen molar-refractivity contribution in [2.75, 3.05) is 13.1 Å². The number of hydrogen-bond acceptors (Lipinski definition) is 5. The molecule has 1 fully saturated rings. The maximum Gasteiger partial charge on any atom is 0.271 e. The Hall–Kier alpha value is -2.13. The molecule has 6 nitrogen and oxygen atoms in total. The number of hydrogen-bond donors (Lipinski definition) is 1. The van der Waals surface area contributed by atoms with Gasteiger partial charge in [-0.1, -0.05) is 0 Å². The molecule has 2 rings (SSSR count). The maximum absolute atomic E-state index is 10.5. The SMILES string of the molecule is N#Cc1cc([N+](=O)[O-])ccc1OC1CNC1. The fourth-order valence-corrected chi connectivity index (χ4v) is 1.35. The zero-order valence-corrected chi connectivity index (χ0v) is 8.34. The summed E-state index contributed by atoms with van der Waals surface area (Å²) >= 11 is 0. The van der Waals surface area contributed by atoms with Crippen LogP contribution in [0.2, 0.25) is 0 Å². The van der Waals surface area contributed by atoms with E-state index in [1.165, 1.54) is 18.2 Å². The van der Waals surface area contributed by atoms with Crippen molar-refractivity contribution < 1.29 is 9.66 Å². The Labute approximate surface area is 91.6 Å². The molecule has 0 aliphatic carbocycles. The minimum Gasteiger partial charge on any atom is -0.486 e. The van der Waals surface area contributed by atoms with Crippen molar-refractivity contribution >= 4 is 5.69 Å². The zero-order valence-electron chi connectivity index (χ0n) is 8.34. The Kier molecular flexibility index (Phi) is 2.70. The molecule has 16 heavy (non-hydrogen) atoms. The van der Waals surface area contributed by atoms with Crippen LogP contribution >= 0.6 is 0 Å². The van der Waals surface area contributed by atoms with E-state index in [2.05, 4.69) is 5.32 Å². The van der Waals surface area contributed by atoms with Crippen molar-refractivity contribution in [1.82, 2.24) is 5.32 Å². The lowest BCUT2D eigenvalue weighted by Gasteiger charge is -2.28. The van der Waals surface area contributed by atoms with E-state index in [0.29, 0.717) is 5.75 Å². The van der Waals surface area contributed by atoms with Crippen LogP contribution in [0.4, 0.5) is 5.69 Å². The van der Waals surface area contributed by atoms with Crippen LogP contribution in [-0.2, 0) is 0 Å². The van der Waals surface area contributed by atoms with Gasteiger partial charge in [0.25, 0.3) is 5.69 Å². The molecule has 82 valence electrons. The molecular formula is C10H9N3O3. The number of nitrogens with zero attached hydrogens (tertiary/aromatic N) is 2. The molecule has 0 spiro atoms. The van der Waals surface area contributed by atoms with Gasteiger partial charge in [0.15, 0.2) is 0 Å². The fourth-order valence-electron chi connectivity index (χ4n) is 1.35. The van der Waals surface area contributed by atoms with E-state index in [0.717, 1.165) is 13.1 Å². The topological polar surface area (TPSA) is 88.2 Å². The molecule has 0 amide bonds. The van der Waals surface area contributed by atoms with Crippen molar-refractivity contribution in [3.8, 4) is 11.8 Å². The normalized spacial score (nSPS) is 14.9. The Morgan fingerprint density at radius 1 is 1.56 bits per heavy atom. The molecule has 1 aliphatic heterocycles. The standard InChI is InChI=1S/C10H9N3O3/c11-4-7-3-8(13(14)15)1-2-10(7)16-9-5-12-6-9/h1-3,9,12H,5-6H2. The predicted octanol–water partition coefficient (Wildman–Crippen LogP) is 0.817. The second kappa shape index (κ2) is 4.16. The summed E-state index contributed by atoms with van der Waals surface area (Å²) in [4.78, 5) is 9.98. The Morgan fingerprint density at radius 3 is 2.81 bits per heavy atom. The number of nitro benzene ring substituents is 1. The van der Waals surface area contributed by atoms with Gasteiger partial charge in [-0.3, -0.25) is 10.1 Å². The summed E-state index contributed by atoms with van der Waals surface area (Å²) in [6, 6.07) is 5.92. The van der Waals surface area contributed by atoms with Crippen LogP contribution in [0, 0.1) is 21.4 Å². The quantitative estimate of drug-likeness (QED) is 0.600. The molecular weight excluding hydrogens is 210 g/mol. The highest BCUT2D eigenvalue weighted by Crippen LogP contribution is 2.24. The van der Waals surface area contributed by atoms with E-state index >= 15 is 0 Å². The lowest BCUT2D eigenvalue weighted by molar-refractivity contribution is -0.384. The molecule has 6 heteroatoms. The first kappa shape index (κ1) is 10.4. The first-order valence-electron chi connectivity index (χ1n) is 4.76. The van der Waals surface area contributed by atoms with Gasteiger partial charge in [-0.25, -0.2) is 0 Å². The van der Waals surface area contributed by atoms with Crippen LogP contribution in [0.3, 0.4) is 0 Å². The second-order valence-electron chi connectivity index (χ2n) is 3.45. The van der Waals surface area contributed by atoms with E-state index in [9.17, 15) is 10.1 Å². The van der Waals surface area contributed by atoms with E-state index in [-0.39, 0.29) is 17.4 Å². The molecule has 0 bridgehead atoms. The van der Waals surface area contributed by atoms with Gasteiger partial charge in [-0.05, 0) is 6.07 Å². The Morgan fingerprint density at radius 2 is 2.31 bits per heavy atom. The second-order valence-corrected chi connectivity index (χ2v) is 3.45. The van der Waals surface area contributed by atoms with Gasteiger partial charge in [0.2, 0.25) is 0 Å². The van der Waals surface area contributed by atoms with Gasteiger partial charge < -0.3 is 10.1 Å². The molecule has 1 N–H and O–H groups in total. The monoisotopic (exact) mass is 219 g/mol. The highest BCUT2D eigenvalue weighted by molar-refractivity contribution is 5.50. The largest absolute Gasteiger partial charge is 0.486 e. The number of non-ortho nitro benzene ring substituents is 1. The van der Waals surface area contributed by atoms with Gasteiger partial charge in [0, 0.05) is 25.2 Å². The van der Waals surface area contributed by atoms with E-state index < -0.39 is 4.92 Å².